The Bertz CT molecular complexity index is 859. The Hall–Kier alpha value is -2.60. The second kappa shape index (κ2) is 7.11. The van der Waals surface area contributed by atoms with Crippen molar-refractivity contribution in [2.75, 3.05) is 11.9 Å². The van der Waals surface area contributed by atoms with Gasteiger partial charge in [-0.05, 0) is 32.0 Å². The molecule has 2 N–H and O–H groups in total. The minimum Gasteiger partial charge on any atom is -0.492 e. The molecule has 3 heterocycles. The summed E-state index contributed by atoms with van der Waals surface area (Å²) in [5, 5.41) is 4.12. The van der Waals surface area contributed by atoms with Crippen LogP contribution in [0.25, 0.3) is 11.0 Å². The fourth-order valence-electron chi connectivity index (χ4n) is 2.20. The summed E-state index contributed by atoms with van der Waals surface area (Å²) in [6, 6.07) is 6.98. The number of aromatic nitrogens is 3. The third kappa shape index (κ3) is 3.60. The van der Waals surface area contributed by atoms with Crippen molar-refractivity contribution in [3.8, 4) is 5.75 Å². The molecule has 0 saturated heterocycles. The molecule has 0 aliphatic heterocycles. The highest BCUT2D eigenvalue weighted by Crippen LogP contribution is 2.28. The van der Waals surface area contributed by atoms with Gasteiger partial charge in [0.05, 0.1) is 23.7 Å². The van der Waals surface area contributed by atoms with Crippen molar-refractivity contribution in [2.24, 2.45) is 0 Å². The standard InChI is InChI=1S/C16H16N4O2.ClH/c1-3-22-14-8-12-13(6-7-17-16(12)19-10(14)2)20-11-4-5-15(21)18-9-11;/h4-9H,3H2,1-2H3,(H,18,21)(H,17,19,20);1H. The third-order valence-electron chi connectivity index (χ3n) is 3.24. The van der Waals surface area contributed by atoms with Gasteiger partial charge in [-0.25, -0.2) is 9.97 Å². The van der Waals surface area contributed by atoms with E-state index in [4.69, 9.17) is 4.74 Å². The van der Waals surface area contributed by atoms with E-state index in [-0.39, 0.29) is 18.0 Å². The Morgan fingerprint density at radius 2 is 2.13 bits per heavy atom. The second-order valence-electron chi connectivity index (χ2n) is 4.80. The van der Waals surface area contributed by atoms with E-state index in [1.807, 2.05) is 26.0 Å². The maximum Gasteiger partial charge on any atom is 0.248 e. The number of anilines is 2. The molecule has 3 aromatic heterocycles. The van der Waals surface area contributed by atoms with Crippen molar-refractivity contribution in [2.45, 2.75) is 13.8 Å². The van der Waals surface area contributed by atoms with E-state index >= 15 is 0 Å². The van der Waals surface area contributed by atoms with Crippen LogP contribution in [0, 0.1) is 6.92 Å². The Morgan fingerprint density at radius 1 is 1.30 bits per heavy atom. The smallest absolute Gasteiger partial charge is 0.248 e. The van der Waals surface area contributed by atoms with Gasteiger partial charge in [-0.3, -0.25) is 4.79 Å². The lowest BCUT2D eigenvalue weighted by atomic mass is 10.2. The number of hydrogen-bond donors (Lipinski definition) is 2. The largest absolute Gasteiger partial charge is 0.492 e. The summed E-state index contributed by atoms with van der Waals surface area (Å²) in [4.78, 5) is 22.5. The number of H-pyrrole nitrogens is 1. The number of fused-ring (bicyclic) bond motifs is 1. The minimum absolute atomic E-state index is 0. The lowest BCUT2D eigenvalue weighted by Gasteiger charge is -2.12. The van der Waals surface area contributed by atoms with Crippen molar-refractivity contribution >= 4 is 34.8 Å². The summed E-state index contributed by atoms with van der Waals surface area (Å²) in [6.07, 6.45) is 3.32. The van der Waals surface area contributed by atoms with Crippen LogP contribution in [-0.4, -0.2) is 21.6 Å². The molecule has 3 rings (SSSR count). The number of aryl methyl sites for hydroxylation is 1. The molecule has 0 spiro atoms. The first-order valence-corrected chi connectivity index (χ1v) is 7.02. The van der Waals surface area contributed by atoms with Gasteiger partial charge in [-0.2, -0.15) is 0 Å². The SMILES string of the molecule is CCOc1cc2c(Nc3ccc(=O)[nH]c3)ccnc2nc1C.Cl. The number of hydrogen-bond acceptors (Lipinski definition) is 5. The van der Waals surface area contributed by atoms with E-state index in [9.17, 15) is 4.79 Å². The zero-order valence-electron chi connectivity index (χ0n) is 12.8. The van der Waals surface area contributed by atoms with Crippen LogP contribution in [0.2, 0.25) is 0 Å². The Labute approximate surface area is 139 Å². The van der Waals surface area contributed by atoms with Crippen molar-refractivity contribution in [1.82, 2.24) is 15.0 Å². The van der Waals surface area contributed by atoms with Crippen LogP contribution >= 0.6 is 12.4 Å². The molecule has 0 unspecified atom stereocenters. The first-order chi connectivity index (χ1) is 10.7. The highest BCUT2D eigenvalue weighted by Gasteiger charge is 2.09. The summed E-state index contributed by atoms with van der Waals surface area (Å²) in [6.45, 7) is 4.41. The predicted octanol–water partition coefficient (Wildman–Crippen LogP) is 3.19. The molecule has 0 fully saturated rings. The molecule has 0 radical (unpaired) electrons. The number of aromatic amines is 1. The molecular weight excluding hydrogens is 316 g/mol. The normalized spacial score (nSPS) is 10.2. The Kier molecular flexibility index (Phi) is 5.18. The van der Waals surface area contributed by atoms with E-state index in [0.29, 0.717) is 12.3 Å². The first-order valence-electron chi connectivity index (χ1n) is 7.02. The first kappa shape index (κ1) is 16.8. The van der Waals surface area contributed by atoms with Crippen LogP contribution < -0.4 is 15.6 Å². The lowest BCUT2D eigenvalue weighted by Crippen LogP contribution is -2.03. The van der Waals surface area contributed by atoms with Gasteiger partial charge in [0.25, 0.3) is 0 Å². The average Bonchev–Trinajstić information content (AvgIpc) is 2.51. The summed E-state index contributed by atoms with van der Waals surface area (Å²) < 4.78 is 5.60. The molecule has 0 atom stereocenters. The van der Waals surface area contributed by atoms with Crippen LogP contribution in [0.4, 0.5) is 11.4 Å². The van der Waals surface area contributed by atoms with Gasteiger partial charge in [-0.1, -0.05) is 0 Å². The van der Waals surface area contributed by atoms with Crippen LogP contribution in [0.5, 0.6) is 5.75 Å². The average molecular weight is 333 g/mol. The molecule has 0 aromatic carbocycles. The van der Waals surface area contributed by atoms with Crippen molar-refractivity contribution in [1.29, 1.82) is 0 Å². The maximum atomic E-state index is 11.1. The summed E-state index contributed by atoms with van der Waals surface area (Å²) in [7, 11) is 0. The van der Waals surface area contributed by atoms with Crippen LogP contribution in [-0.2, 0) is 0 Å². The number of ether oxygens (including phenoxy) is 1. The Morgan fingerprint density at radius 3 is 2.83 bits per heavy atom. The quantitative estimate of drug-likeness (QED) is 0.767. The summed E-state index contributed by atoms with van der Waals surface area (Å²) in [5.41, 5.74) is 2.95. The summed E-state index contributed by atoms with van der Waals surface area (Å²) in [5.74, 6) is 0.743. The van der Waals surface area contributed by atoms with Crippen LogP contribution in [0.15, 0.2) is 41.5 Å². The van der Waals surface area contributed by atoms with Gasteiger partial charge in [0.1, 0.15) is 5.75 Å². The van der Waals surface area contributed by atoms with Gasteiger partial charge in [0.2, 0.25) is 5.56 Å². The molecular formula is C16H17ClN4O2. The van der Waals surface area contributed by atoms with E-state index < -0.39 is 0 Å². The molecule has 23 heavy (non-hydrogen) atoms. The monoisotopic (exact) mass is 332 g/mol. The molecule has 0 aliphatic rings. The molecule has 0 bridgehead atoms. The minimum atomic E-state index is -0.138. The van der Waals surface area contributed by atoms with Crippen molar-refractivity contribution in [3.05, 3.63) is 52.7 Å². The second-order valence-corrected chi connectivity index (χ2v) is 4.80. The van der Waals surface area contributed by atoms with E-state index in [1.165, 1.54) is 6.07 Å². The van der Waals surface area contributed by atoms with E-state index in [1.54, 1.807) is 18.5 Å². The number of nitrogens with one attached hydrogen (secondary N) is 2. The zero-order chi connectivity index (χ0) is 15.5. The van der Waals surface area contributed by atoms with Crippen LogP contribution in [0.1, 0.15) is 12.6 Å². The molecule has 3 aromatic rings. The number of rotatable bonds is 4. The fourth-order valence-corrected chi connectivity index (χ4v) is 2.20. The third-order valence-corrected chi connectivity index (χ3v) is 3.24. The van der Waals surface area contributed by atoms with Gasteiger partial charge in [0, 0.05) is 23.8 Å². The van der Waals surface area contributed by atoms with Gasteiger partial charge < -0.3 is 15.0 Å². The number of pyridine rings is 3. The zero-order valence-corrected chi connectivity index (χ0v) is 13.6. The molecule has 0 aliphatic carbocycles. The van der Waals surface area contributed by atoms with E-state index in [2.05, 4.69) is 20.3 Å². The molecule has 0 amide bonds. The lowest BCUT2D eigenvalue weighted by molar-refractivity contribution is 0.337. The predicted molar refractivity (Wildman–Crippen MR) is 93.0 cm³/mol. The fraction of sp³-hybridized carbons (Fsp3) is 0.188. The highest BCUT2D eigenvalue weighted by molar-refractivity contribution is 5.91. The molecule has 120 valence electrons. The summed E-state index contributed by atoms with van der Waals surface area (Å²) >= 11 is 0. The molecule has 6 nitrogen and oxygen atoms in total. The van der Waals surface area contributed by atoms with Crippen molar-refractivity contribution < 1.29 is 4.74 Å². The van der Waals surface area contributed by atoms with E-state index in [0.717, 1.165) is 28.2 Å². The highest BCUT2D eigenvalue weighted by atomic mass is 35.5. The maximum absolute atomic E-state index is 11.1. The Balaban J connectivity index is 0.00000192. The van der Waals surface area contributed by atoms with Gasteiger partial charge in [-0.15, -0.1) is 12.4 Å². The number of halogens is 1. The number of nitrogens with zero attached hydrogens (tertiary/aromatic N) is 2. The molecule has 0 saturated carbocycles. The van der Waals surface area contributed by atoms with Gasteiger partial charge in [0.15, 0.2) is 5.65 Å². The topological polar surface area (TPSA) is 79.9 Å². The van der Waals surface area contributed by atoms with Gasteiger partial charge >= 0.3 is 0 Å². The van der Waals surface area contributed by atoms with Crippen LogP contribution in [0.3, 0.4) is 0 Å². The molecule has 7 heteroatoms. The van der Waals surface area contributed by atoms with Crippen molar-refractivity contribution in [3.63, 3.8) is 0 Å².